The van der Waals surface area contributed by atoms with Crippen LogP contribution in [0.25, 0.3) is 0 Å². The van der Waals surface area contributed by atoms with E-state index < -0.39 is 0 Å². The number of hydrogen-bond donors (Lipinski definition) is 1. The van der Waals surface area contributed by atoms with Crippen molar-refractivity contribution in [1.82, 2.24) is 10.2 Å². The fourth-order valence-electron chi connectivity index (χ4n) is 3.39. The molecule has 0 aromatic carbocycles. The van der Waals surface area contributed by atoms with Crippen LogP contribution in [0.15, 0.2) is 0 Å². The van der Waals surface area contributed by atoms with Crippen LogP contribution in [-0.2, 0) is 4.74 Å². The van der Waals surface area contributed by atoms with E-state index in [0.717, 1.165) is 25.6 Å². The van der Waals surface area contributed by atoms with E-state index in [2.05, 4.69) is 31.1 Å². The first-order valence-electron chi connectivity index (χ1n) is 8.46. The van der Waals surface area contributed by atoms with Crippen LogP contribution in [0.5, 0.6) is 0 Å². The molecule has 20 heavy (non-hydrogen) atoms. The minimum atomic E-state index is 0.480. The highest BCUT2D eigenvalue weighted by Gasteiger charge is 2.31. The topological polar surface area (TPSA) is 24.5 Å². The van der Waals surface area contributed by atoms with E-state index >= 15 is 0 Å². The summed E-state index contributed by atoms with van der Waals surface area (Å²) in [7, 11) is 4.04. The Labute approximate surface area is 126 Å². The molecule has 3 heteroatoms. The normalized spacial score (nSPS) is 19.5. The summed E-state index contributed by atoms with van der Waals surface area (Å²) in [5.41, 5.74) is 0.480. The van der Waals surface area contributed by atoms with Gasteiger partial charge in [-0.3, -0.25) is 0 Å². The van der Waals surface area contributed by atoms with E-state index in [0.29, 0.717) is 5.41 Å². The Morgan fingerprint density at radius 1 is 1.15 bits per heavy atom. The summed E-state index contributed by atoms with van der Waals surface area (Å²) < 4.78 is 5.21. The molecule has 0 radical (unpaired) electrons. The summed E-state index contributed by atoms with van der Waals surface area (Å²) in [6.45, 7) is 10.00. The van der Waals surface area contributed by atoms with Crippen LogP contribution in [0.3, 0.4) is 0 Å². The molecule has 3 nitrogen and oxygen atoms in total. The van der Waals surface area contributed by atoms with Crippen molar-refractivity contribution in [2.75, 3.05) is 46.9 Å². The lowest BCUT2D eigenvalue weighted by Crippen LogP contribution is -2.44. The molecule has 0 spiro atoms. The van der Waals surface area contributed by atoms with Crippen molar-refractivity contribution < 1.29 is 4.74 Å². The molecule has 0 bridgehead atoms. The van der Waals surface area contributed by atoms with Gasteiger partial charge in [0, 0.05) is 26.7 Å². The number of ether oxygens (including phenoxy) is 1. The molecule has 1 rings (SSSR count). The summed E-state index contributed by atoms with van der Waals surface area (Å²) in [4.78, 5) is 2.46. The predicted molar refractivity (Wildman–Crippen MR) is 87.2 cm³/mol. The molecular formula is C17H36N2O. The molecule has 0 aliphatic heterocycles. The van der Waals surface area contributed by atoms with Crippen molar-refractivity contribution in [2.24, 2.45) is 11.3 Å². The van der Waals surface area contributed by atoms with Crippen LogP contribution in [-0.4, -0.2) is 51.8 Å². The zero-order valence-corrected chi connectivity index (χ0v) is 14.2. The van der Waals surface area contributed by atoms with Crippen molar-refractivity contribution in [3.05, 3.63) is 0 Å². The minimum Gasteiger partial charge on any atom is -0.383 e. The lowest BCUT2D eigenvalue weighted by molar-refractivity contribution is 0.110. The van der Waals surface area contributed by atoms with E-state index in [1.165, 1.54) is 51.6 Å². The quantitative estimate of drug-likeness (QED) is 0.658. The second-order valence-corrected chi connectivity index (χ2v) is 7.17. The zero-order chi connectivity index (χ0) is 14.8. The van der Waals surface area contributed by atoms with Gasteiger partial charge in [-0.25, -0.2) is 0 Å². The number of hydrogen-bond acceptors (Lipinski definition) is 3. The second-order valence-electron chi connectivity index (χ2n) is 7.17. The van der Waals surface area contributed by atoms with Gasteiger partial charge < -0.3 is 15.0 Å². The van der Waals surface area contributed by atoms with Crippen LogP contribution in [0, 0.1) is 11.3 Å². The lowest BCUT2D eigenvalue weighted by Gasteiger charge is -2.37. The first-order valence-corrected chi connectivity index (χ1v) is 8.46. The highest BCUT2D eigenvalue weighted by atomic mass is 16.5. The largest absolute Gasteiger partial charge is 0.383 e. The average Bonchev–Trinajstić information content (AvgIpc) is 2.62. The van der Waals surface area contributed by atoms with Gasteiger partial charge in [-0.1, -0.05) is 39.5 Å². The summed E-state index contributed by atoms with van der Waals surface area (Å²) in [6, 6.07) is 0. The molecule has 1 fully saturated rings. The predicted octanol–water partition coefficient (Wildman–Crippen LogP) is 3.15. The van der Waals surface area contributed by atoms with E-state index in [9.17, 15) is 0 Å². The van der Waals surface area contributed by atoms with Crippen LogP contribution >= 0.6 is 0 Å². The van der Waals surface area contributed by atoms with Crippen LogP contribution in [0.1, 0.15) is 52.4 Å². The zero-order valence-electron chi connectivity index (χ0n) is 14.2. The van der Waals surface area contributed by atoms with Crippen molar-refractivity contribution in [2.45, 2.75) is 52.4 Å². The molecule has 0 saturated heterocycles. The number of nitrogens with one attached hydrogen (secondary N) is 1. The van der Waals surface area contributed by atoms with Gasteiger partial charge in [-0.15, -0.1) is 0 Å². The van der Waals surface area contributed by atoms with Gasteiger partial charge in [0.2, 0.25) is 0 Å². The maximum Gasteiger partial charge on any atom is 0.0589 e. The van der Waals surface area contributed by atoms with Crippen LogP contribution < -0.4 is 5.32 Å². The fraction of sp³-hybridized carbons (Fsp3) is 1.00. The van der Waals surface area contributed by atoms with Gasteiger partial charge in [0.25, 0.3) is 0 Å². The summed E-state index contributed by atoms with van der Waals surface area (Å²) in [6.07, 6.45) is 8.43. The number of likely N-dealkylation sites (N-methyl/N-ethyl adjacent to an activating group) is 1. The summed E-state index contributed by atoms with van der Waals surface area (Å²) in [5, 5.41) is 3.73. The minimum absolute atomic E-state index is 0.480. The molecule has 1 saturated carbocycles. The van der Waals surface area contributed by atoms with Gasteiger partial charge in [-0.2, -0.15) is 0 Å². The van der Waals surface area contributed by atoms with Crippen molar-refractivity contribution >= 4 is 0 Å². The van der Waals surface area contributed by atoms with Crippen molar-refractivity contribution in [1.29, 1.82) is 0 Å². The highest BCUT2D eigenvalue weighted by Crippen LogP contribution is 2.35. The third kappa shape index (κ3) is 7.05. The SMILES string of the molecule is COCCN(C)CC1(CNCC(C)C)CCCCCC1. The van der Waals surface area contributed by atoms with Crippen molar-refractivity contribution in [3.8, 4) is 0 Å². The number of rotatable bonds is 9. The molecule has 0 aromatic rings. The molecule has 1 N–H and O–H groups in total. The van der Waals surface area contributed by atoms with Gasteiger partial charge in [0.15, 0.2) is 0 Å². The number of nitrogens with zero attached hydrogens (tertiary/aromatic N) is 1. The maximum atomic E-state index is 5.21. The Kier molecular flexibility index (Phi) is 8.74. The van der Waals surface area contributed by atoms with E-state index in [4.69, 9.17) is 4.74 Å². The molecule has 1 aliphatic carbocycles. The molecule has 0 aromatic heterocycles. The first-order chi connectivity index (χ1) is 9.58. The van der Waals surface area contributed by atoms with E-state index in [1.807, 2.05) is 0 Å². The van der Waals surface area contributed by atoms with Crippen LogP contribution in [0.4, 0.5) is 0 Å². The molecule has 0 amide bonds. The smallest absolute Gasteiger partial charge is 0.0589 e. The molecular weight excluding hydrogens is 248 g/mol. The Bertz CT molecular complexity index is 235. The third-order valence-electron chi connectivity index (χ3n) is 4.50. The van der Waals surface area contributed by atoms with Gasteiger partial charge in [0.1, 0.15) is 0 Å². The molecule has 0 heterocycles. The van der Waals surface area contributed by atoms with Gasteiger partial charge >= 0.3 is 0 Å². The molecule has 0 atom stereocenters. The van der Waals surface area contributed by atoms with E-state index in [-0.39, 0.29) is 0 Å². The lowest BCUT2D eigenvalue weighted by atomic mass is 9.79. The molecule has 0 unspecified atom stereocenters. The van der Waals surface area contributed by atoms with Crippen LogP contribution in [0.2, 0.25) is 0 Å². The van der Waals surface area contributed by atoms with Gasteiger partial charge in [-0.05, 0) is 37.8 Å². The Balaban J connectivity index is 2.52. The fourth-order valence-corrected chi connectivity index (χ4v) is 3.39. The standard InChI is InChI=1S/C17H36N2O/c1-16(2)13-18-14-17(9-7-5-6-8-10-17)15-19(3)11-12-20-4/h16,18H,5-15H2,1-4H3. The maximum absolute atomic E-state index is 5.21. The van der Waals surface area contributed by atoms with Crippen molar-refractivity contribution in [3.63, 3.8) is 0 Å². The first kappa shape index (κ1) is 17.9. The van der Waals surface area contributed by atoms with Gasteiger partial charge in [0.05, 0.1) is 6.61 Å². The Hall–Kier alpha value is -0.120. The Morgan fingerprint density at radius 2 is 1.80 bits per heavy atom. The monoisotopic (exact) mass is 284 g/mol. The second kappa shape index (κ2) is 9.75. The number of methoxy groups -OCH3 is 1. The molecule has 1 aliphatic rings. The summed E-state index contributed by atoms with van der Waals surface area (Å²) >= 11 is 0. The summed E-state index contributed by atoms with van der Waals surface area (Å²) in [5.74, 6) is 0.740. The Morgan fingerprint density at radius 3 is 2.35 bits per heavy atom. The highest BCUT2D eigenvalue weighted by molar-refractivity contribution is 4.86. The third-order valence-corrected chi connectivity index (χ3v) is 4.50. The average molecular weight is 284 g/mol. The van der Waals surface area contributed by atoms with E-state index in [1.54, 1.807) is 7.11 Å². The molecule has 120 valence electrons.